The maximum atomic E-state index is 12.2. The zero-order chi connectivity index (χ0) is 13.4. The van der Waals surface area contributed by atoms with Gasteiger partial charge >= 0.3 is 0 Å². The zero-order valence-electron chi connectivity index (χ0n) is 11.7. The Labute approximate surface area is 110 Å². The lowest BCUT2D eigenvalue weighted by molar-refractivity contribution is -0.134. The van der Waals surface area contributed by atoms with E-state index in [-0.39, 0.29) is 12.0 Å². The second kappa shape index (κ2) is 8.45. The summed E-state index contributed by atoms with van der Waals surface area (Å²) in [7, 11) is 0. The number of carbonyl (C=O) groups excluding carboxylic acids is 1. The minimum absolute atomic E-state index is 0.0809. The number of morpholine rings is 1. The largest absolute Gasteiger partial charge is 0.374 e. The monoisotopic (exact) mass is 257 g/mol. The maximum Gasteiger partial charge on any atom is 0.236 e. The number of ether oxygens (including phenoxy) is 1. The molecule has 0 radical (unpaired) electrons. The van der Waals surface area contributed by atoms with Gasteiger partial charge in [-0.1, -0.05) is 13.8 Å². The van der Waals surface area contributed by atoms with E-state index in [9.17, 15) is 4.79 Å². The molecule has 0 bridgehead atoms. The second-order valence-electron chi connectivity index (χ2n) is 4.84. The first-order valence-corrected chi connectivity index (χ1v) is 7.03. The highest BCUT2D eigenvalue weighted by Gasteiger charge is 2.22. The van der Waals surface area contributed by atoms with Crippen LogP contribution in [-0.2, 0) is 9.53 Å². The summed E-state index contributed by atoms with van der Waals surface area (Å²) in [6.07, 6.45) is 2.11. The molecule has 1 atom stereocenters. The minimum atomic E-state index is 0.0809. The molecule has 1 fully saturated rings. The van der Waals surface area contributed by atoms with E-state index in [2.05, 4.69) is 18.7 Å². The second-order valence-corrected chi connectivity index (χ2v) is 4.84. The molecular formula is C13H27N3O2. The van der Waals surface area contributed by atoms with Gasteiger partial charge in [0.2, 0.25) is 5.91 Å². The first-order valence-electron chi connectivity index (χ1n) is 7.03. The highest BCUT2D eigenvalue weighted by atomic mass is 16.5. The molecular weight excluding hydrogens is 230 g/mol. The quantitative estimate of drug-likeness (QED) is 0.712. The van der Waals surface area contributed by atoms with Crippen LogP contribution in [0.25, 0.3) is 0 Å². The van der Waals surface area contributed by atoms with Gasteiger partial charge in [0.05, 0.1) is 19.3 Å². The molecule has 1 unspecified atom stereocenters. The molecule has 0 aromatic heterocycles. The predicted molar refractivity (Wildman–Crippen MR) is 72.4 cm³/mol. The number of nitrogens with zero attached hydrogens (tertiary/aromatic N) is 2. The molecule has 0 saturated carbocycles. The average Bonchev–Trinajstić information content (AvgIpc) is 2.38. The van der Waals surface area contributed by atoms with Crippen molar-refractivity contribution in [2.75, 3.05) is 45.9 Å². The van der Waals surface area contributed by atoms with Crippen LogP contribution in [0.1, 0.15) is 26.7 Å². The Morgan fingerprint density at radius 1 is 1.39 bits per heavy atom. The van der Waals surface area contributed by atoms with Crippen molar-refractivity contribution < 1.29 is 9.53 Å². The van der Waals surface area contributed by atoms with Gasteiger partial charge in [0.1, 0.15) is 0 Å². The molecule has 1 amide bonds. The van der Waals surface area contributed by atoms with Crippen molar-refractivity contribution in [1.29, 1.82) is 0 Å². The van der Waals surface area contributed by atoms with Crippen LogP contribution in [0.3, 0.4) is 0 Å². The fourth-order valence-corrected chi connectivity index (χ4v) is 2.26. The predicted octanol–water partition coefficient (Wildman–Crippen LogP) is 0.295. The number of hydrogen-bond acceptors (Lipinski definition) is 4. The lowest BCUT2D eigenvalue weighted by Crippen LogP contribution is -2.49. The van der Waals surface area contributed by atoms with Gasteiger partial charge in [-0.2, -0.15) is 0 Å². The van der Waals surface area contributed by atoms with Gasteiger partial charge < -0.3 is 15.4 Å². The van der Waals surface area contributed by atoms with Crippen LogP contribution in [0.5, 0.6) is 0 Å². The first-order chi connectivity index (χ1) is 8.71. The van der Waals surface area contributed by atoms with E-state index in [1.165, 1.54) is 0 Å². The fraction of sp³-hybridized carbons (Fsp3) is 0.923. The standard InChI is InChI=1S/C13H27N3O2/c1-3-5-16(6-4-2)13(17)11-15-7-8-18-12(9-14)10-15/h12H,3-11,14H2,1-2H3. The Hall–Kier alpha value is -0.650. The number of nitrogens with two attached hydrogens (primary N) is 1. The van der Waals surface area contributed by atoms with Crippen LogP contribution in [-0.4, -0.2) is 67.7 Å². The summed E-state index contributed by atoms with van der Waals surface area (Å²) >= 11 is 0. The molecule has 0 aromatic rings. The van der Waals surface area contributed by atoms with Crippen LogP contribution >= 0.6 is 0 Å². The van der Waals surface area contributed by atoms with Gasteiger partial charge in [-0.05, 0) is 12.8 Å². The third kappa shape index (κ3) is 4.92. The summed E-state index contributed by atoms with van der Waals surface area (Å²) in [5.74, 6) is 0.233. The Morgan fingerprint density at radius 2 is 2.06 bits per heavy atom. The van der Waals surface area contributed by atoms with Crippen LogP contribution < -0.4 is 5.73 Å². The molecule has 2 N–H and O–H groups in total. The number of amides is 1. The molecule has 1 rings (SSSR count). The summed E-state index contributed by atoms with van der Waals surface area (Å²) in [5, 5.41) is 0. The Balaban J connectivity index is 2.41. The summed E-state index contributed by atoms with van der Waals surface area (Å²) in [4.78, 5) is 16.3. The molecule has 18 heavy (non-hydrogen) atoms. The highest BCUT2D eigenvalue weighted by Crippen LogP contribution is 2.05. The van der Waals surface area contributed by atoms with E-state index < -0.39 is 0 Å². The maximum absolute atomic E-state index is 12.2. The topological polar surface area (TPSA) is 58.8 Å². The molecule has 1 saturated heterocycles. The van der Waals surface area contributed by atoms with E-state index in [4.69, 9.17) is 10.5 Å². The minimum Gasteiger partial charge on any atom is -0.374 e. The Bertz CT molecular complexity index is 242. The SMILES string of the molecule is CCCN(CCC)C(=O)CN1CCOC(CN)C1. The molecule has 5 heteroatoms. The van der Waals surface area contributed by atoms with Crippen molar-refractivity contribution in [2.24, 2.45) is 5.73 Å². The van der Waals surface area contributed by atoms with Gasteiger partial charge in [-0.25, -0.2) is 0 Å². The van der Waals surface area contributed by atoms with Crippen molar-refractivity contribution in [3.8, 4) is 0 Å². The van der Waals surface area contributed by atoms with Gasteiger partial charge in [-0.3, -0.25) is 9.69 Å². The van der Waals surface area contributed by atoms with E-state index in [1.807, 2.05) is 4.90 Å². The van der Waals surface area contributed by atoms with Gasteiger partial charge in [0.25, 0.3) is 0 Å². The molecule has 0 aliphatic carbocycles. The number of rotatable bonds is 7. The molecule has 1 heterocycles. The van der Waals surface area contributed by atoms with Crippen LogP contribution in [0, 0.1) is 0 Å². The highest BCUT2D eigenvalue weighted by molar-refractivity contribution is 5.78. The smallest absolute Gasteiger partial charge is 0.236 e. The average molecular weight is 257 g/mol. The van der Waals surface area contributed by atoms with E-state index in [0.29, 0.717) is 19.7 Å². The van der Waals surface area contributed by atoms with Gasteiger partial charge in [0.15, 0.2) is 0 Å². The summed E-state index contributed by atoms with van der Waals surface area (Å²) < 4.78 is 5.50. The molecule has 1 aliphatic rings. The van der Waals surface area contributed by atoms with Crippen molar-refractivity contribution in [2.45, 2.75) is 32.8 Å². The summed E-state index contributed by atoms with van der Waals surface area (Å²) in [5.41, 5.74) is 5.60. The Kier molecular flexibility index (Phi) is 7.23. The number of carbonyl (C=O) groups is 1. The molecule has 0 spiro atoms. The lowest BCUT2D eigenvalue weighted by atomic mass is 10.2. The van der Waals surface area contributed by atoms with E-state index >= 15 is 0 Å². The van der Waals surface area contributed by atoms with Crippen LogP contribution in [0.15, 0.2) is 0 Å². The molecule has 106 valence electrons. The first kappa shape index (κ1) is 15.4. The van der Waals surface area contributed by atoms with E-state index in [1.54, 1.807) is 0 Å². The van der Waals surface area contributed by atoms with E-state index in [0.717, 1.165) is 39.0 Å². The summed E-state index contributed by atoms with van der Waals surface area (Å²) in [6, 6.07) is 0. The fourth-order valence-electron chi connectivity index (χ4n) is 2.26. The van der Waals surface area contributed by atoms with Crippen molar-refractivity contribution >= 4 is 5.91 Å². The molecule has 0 aromatic carbocycles. The van der Waals surface area contributed by atoms with Crippen LogP contribution in [0.4, 0.5) is 0 Å². The zero-order valence-corrected chi connectivity index (χ0v) is 11.7. The third-order valence-electron chi connectivity index (χ3n) is 3.18. The molecule has 1 aliphatic heterocycles. The lowest BCUT2D eigenvalue weighted by Gasteiger charge is -2.33. The number of hydrogen-bond donors (Lipinski definition) is 1. The third-order valence-corrected chi connectivity index (χ3v) is 3.18. The van der Waals surface area contributed by atoms with Gasteiger partial charge in [-0.15, -0.1) is 0 Å². The van der Waals surface area contributed by atoms with Crippen molar-refractivity contribution in [3.05, 3.63) is 0 Å². The molecule has 5 nitrogen and oxygen atoms in total. The normalized spacial score (nSPS) is 20.9. The Morgan fingerprint density at radius 3 is 2.61 bits per heavy atom. The summed E-state index contributed by atoms with van der Waals surface area (Å²) in [6.45, 7) is 9.23. The van der Waals surface area contributed by atoms with Crippen molar-refractivity contribution in [3.63, 3.8) is 0 Å². The van der Waals surface area contributed by atoms with Crippen LogP contribution in [0.2, 0.25) is 0 Å². The van der Waals surface area contributed by atoms with Gasteiger partial charge in [0, 0.05) is 32.7 Å². The van der Waals surface area contributed by atoms with Crippen molar-refractivity contribution in [1.82, 2.24) is 9.80 Å².